The van der Waals surface area contributed by atoms with E-state index in [-0.39, 0.29) is 5.41 Å². The molecule has 0 atom stereocenters. The lowest BCUT2D eigenvalue weighted by Gasteiger charge is -2.33. The van der Waals surface area contributed by atoms with E-state index in [0.29, 0.717) is 5.89 Å². The van der Waals surface area contributed by atoms with E-state index in [1.807, 2.05) is 24.5 Å². The van der Waals surface area contributed by atoms with Gasteiger partial charge in [-0.3, -0.25) is 15.1 Å². The van der Waals surface area contributed by atoms with E-state index in [1.54, 1.807) is 24.9 Å². The molecule has 4 heterocycles. The molecule has 1 aliphatic rings. The Labute approximate surface area is 149 Å². The summed E-state index contributed by atoms with van der Waals surface area (Å²) in [4.78, 5) is 12.9. The van der Waals surface area contributed by atoms with E-state index in [1.165, 1.54) is 0 Å². The third-order valence-electron chi connectivity index (χ3n) is 4.86. The first-order valence-electron chi connectivity index (χ1n) is 8.34. The van der Waals surface area contributed by atoms with E-state index in [0.717, 1.165) is 34.5 Å². The molecule has 0 bridgehead atoms. The molecule has 0 spiro atoms. The van der Waals surface area contributed by atoms with Crippen LogP contribution >= 0.6 is 0 Å². The second-order valence-electron chi connectivity index (χ2n) is 6.27. The normalized spacial score (nSPS) is 14.9. The molecule has 6 heteroatoms. The molecule has 0 saturated heterocycles. The fraction of sp³-hybridized carbons (Fsp3) is 0.100. The maximum absolute atomic E-state index is 5.42. The quantitative estimate of drug-likeness (QED) is 0.617. The van der Waals surface area contributed by atoms with Crippen molar-refractivity contribution in [2.45, 2.75) is 11.8 Å². The van der Waals surface area contributed by atoms with Gasteiger partial charge in [0.25, 0.3) is 0 Å². The van der Waals surface area contributed by atoms with Gasteiger partial charge in [0, 0.05) is 47.9 Å². The van der Waals surface area contributed by atoms with Gasteiger partial charge in [-0.2, -0.15) is 5.10 Å². The lowest BCUT2D eigenvalue weighted by molar-refractivity contribution is 0.571. The molecule has 0 saturated carbocycles. The molecule has 0 radical (unpaired) electrons. The number of rotatable bonds is 3. The van der Waals surface area contributed by atoms with E-state index in [2.05, 4.69) is 49.4 Å². The highest BCUT2D eigenvalue weighted by Gasteiger charge is 2.37. The molecule has 26 heavy (non-hydrogen) atoms. The van der Waals surface area contributed by atoms with Gasteiger partial charge >= 0.3 is 0 Å². The van der Waals surface area contributed by atoms with Crippen LogP contribution in [0.4, 0.5) is 0 Å². The van der Waals surface area contributed by atoms with Gasteiger partial charge in [-0.1, -0.05) is 24.3 Å². The Morgan fingerprint density at radius 2 is 1.77 bits per heavy atom. The Morgan fingerprint density at radius 3 is 2.38 bits per heavy atom. The first-order chi connectivity index (χ1) is 12.9. The zero-order valence-electron chi connectivity index (χ0n) is 13.8. The number of hydrogen-bond acceptors (Lipinski definition) is 5. The second-order valence-corrected chi connectivity index (χ2v) is 6.27. The summed E-state index contributed by atoms with van der Waals surface area (Å²) in [5, 5.41) is 7.60. The maximum Gasteiger partial charge on any atom is 0.247 e. The van der Waals surface area contributed by atoms with Gasteiger partial charge in [0.1, 0.15) is 6.26 Å². The van der Waals surface area contributed by atoms with Gasteiger partial charge in [-0.05, 0) is 23.3 Å². The summed E-state index contributed by atoms with van der Waals surface area (Å²) in [6, 6.07) is 8.12. The summed E-state index contributed by atoms with van der Waals surface area (Å²) >= 11 is 0. The van der Waals surface area contributed by atoms with Crippen molar-refractivity contribution in [2.75, 3.05) is 0 Å². The van der Waals surface area contributed by atoms with Crippen LogP contribution in [0.3, 0.4) is 0 Å². The molecule has 1 N–H and O–H groups in total. The molecule has 126 valence electrons. The molecule has 6 nitrogen and oxygen atoms in total. The number of nitrogens with one attached hydrogen (secondary N) is 1. The highest BCUT2D eigenvalue weighted by molar-refractivity contribution is 5.72. The number of hydrogen-bond donors (Lipinski definition) is 1. The van der Waals surface area contributed by atoms with Gasteiger partial charge in [-0.15, -0.1) is 0 Å². The monoisotopic (exact) mass is 341 g/mol. The molecule has 0 aromatic carbocycles. The van der Waals surface area contributed by atoms with E-state index < -0.39 is 0 Å². The van der Waals surface area contributed by atoms with Crippen LogP contribution in [0.15, 0.2) is 72.0 Å². The van der Waals surface area contributed by atoms with Crippen molar-refractivity contribution < 1.29 is 4.42 Å². The molecule has 4 aromatic heterocycles. The first-order valence-corrected chi connectivity index (χ1v) is 8.34. The van der Waals surface area contributed by atoms with Crippen molar-refractivity contribution in [2.24, 2.45) is 0 Å². The topological polar surface area (TPSA) is 80.5 Å². The third-order valence-corrected chi connectivity index (χ3v) is 4.86. The van der Waals surface area contributed by atoms with Crippen LogP contribution in [-0.4, -0.2) is 25.1 Å². The highest BCUT2D eigenvalue weighted by Crippen LogP contribution is 2.42. The standard InChI is InChI=1S/C20H15N5O/c1-3-14(12-21-7-1)20(15-4-2-8-22-13-15)6-5-16-17(11-20)24-25-18(16)19-23-9-10-26-19/h1-10,12-13H,11H2,(H,24,25). The molecule has 0 aliphatic heterocycles. The molecule has 5 rings (SSSR count). The van der Waals surface area contributed by atoms with Crippen LogP contribution in [-0.2, 0) is 11.8 Å². The number of pyridine rings is 2. The number of H-pyrrole nitrogens is 1. The average molecular weight is 341 g/mol. The lowest BCUT2D eigenvalue weighted by atomic mass is 9.69. The van der Waals surface area contributed by atoms with Crippen LogP contribution in [0.1, 0.15) is 22.4 Å². The lowest BCUT2D eigenvalue weighted by Crippen LogP contribution is -2.30. The van der Waals surface area contributed by atoms with Crippen LogP contribution in [0, 0.1) is 0 Å². The Bertz CT molecular complexity index is 1010. The molecule has 0 fully saturated rings. The number of aromatic nitrogens is 5. The third kappa shape index (κ3) is 2.19. The minimum Gasteiger partial charge on any atom is -0.443 e. The van der Waals surface area contributed by atoms with Crippen LogP contribution in [0.2, 0.25) is 0 Å². The zero-order chi connectivity index (χ0) is 17.4. The summed E-state index contributed by atoms with van der Waals surface area (Å²) in [6.07, 6.45) is 15.6. The molecular weight excluding hydrogens is 326 g/mol. The average Bonchev–Trinajstić information content (AvgIpc) is 3.38. The van der Waals surface area contributed by atoms with Crippen molar-refractivity contribution in [1.29, 1.82) is 0 Å². The number of oxazole rings is 1. The van der Waals surface area contributed by atoms with Gasteiger partial charge < -0.3 is 4.42 Å². The minimum absolute atomic E-state index is 0.351. The van der Waals surface area contributed by atoms with Crippen molar-refractivity contribution in [3.8, 4) is 11.6 Å². The second kappa shape index (κ2) is 5.77. The molecule has 4 aromatic rings. The van der Waals surface area contributed by atoms with Crippen LogP contribution < -0.4 is 0 Å². The van der Waals surface area contributed by atoms with Gasteiger partial charge in [0.05, 0.1) is 6.20 Å². The number of nitrogens with zero attached hydrogens (tertiary/aromatic N) is 4. The van der Waals surface area contributed by atoms with E-state index in [9.17, 15) is 0 Å². The van der Waals surface area contributed by atoms with Crippen LogP contribution in [0.25, 0.3) is 17.7 Å². The Morgan fingerprint density at radius 1 is 1.00 bits per heavy atom. The first kappa shape index (κ1) is 14.8. The number of aromatic amines is 1. The van der Waals surface area contributed by atoms with Gasteiger partial charge in [0.15, 0.2) is 5.69 Å². The summed E-state index contributed by atoms with van der Waals surface area (Å²) in [6.45, 7) is 0. The summed E-state index contributed by atoms with van der Waals surface area (Å²) in [7, 11) is 0. The van der Waals surface area contributed by atoms with E-state index in [4.69, 9.17) is 4.42 Å². The largest absolute Gasteiger partial charge is 0.443 e. The molecule has 0 unspecified atom stereocenters. The highest BCUT2D eigenvalue weighted by atomic mass is 16.3. The Kier molecular flexibility index (Phi) is 3.28. The summed E-state index contributed by atoms with van der Waals surface area (Å²) in [5.74, 6) is 0.516. The Balaban J connectivity index is 1.67. The predicted molar refractivity (Wildman–Crippen MR) is 96.1 cm³/mol. The summed E-state index contributed by atoms with van der Waals surface area (Å²) in [5.41, 5.74) is 4.65. The van der Waals surface area contributed by atoms with Crippen molar-refractivity contribution in [1.82, 2.24) is 25.1 Å². The predicted octanol–water partition coefficient (Wildman–Crippen LogP) is 3.41. The maximum atomic E-state index is 5.42. The minimum atomic E-state index is -0.351. The zero-order valence-corrected chi connectivity index (χ0v) is 13.8. The fourth-order valence-electron chi connectivity index (χ4n) is 3.58. The van der Waals surface area contributed by atoms with Gasteiger partial charge in [-0.25, -0.2) is 4.98 Å². The fourth-order valence-corrected chi connectivity index (χ4v) is 3.58. The van der Waals surface area contributed by atoms with Gasteiger partial charge in [0.2, 0.25) is 5.89 Å². The van der Waals surface area contributed by atoms with Crippen molar-refractivity contribution in [3.05, 3.63) is 90.0 Å². The molecular formula is C20H15N5O. The molecule has 1 aliphatic carbocycles. The van der Waals surface area contributed by atoms with E-state index >= 15 is 0 Å². The summed E-state index contributed by atoms with van der Waals surface area (Å²) < 4.78 is 5.42. The Hall–Kier alpha value is -3.54. The van der Waals surface area contributed by atoms with Crippen molar-refractivity contribution >= 4 is 6.08 Å². The number of fused-ring (bicyclic) bond motifs is 1. The molecule has 0 amide bonds. The smallest absolute Gasteiger partial charge is 0.247 e. The van der Waals surface area contributed by atoms with Crippen molar-refractivity contribution in [3.63, 3.8) is 0 Å². The SMILES string of the molecule is C1=CC(c2cccnc2)(c2cccnc2)Cc2[nH]nc(-c3ncco3)c21. The number of allylic oxidation sites excluding steroid dienone is 1. The van der Waals surface area contributed by atoms with Crippen LogP contribution in [0.5, 0.6) is 0 Å².